The van der Waals surface area contributed by atoms with Crippen molar-refractivity contribution in [3.63, 3.8) is 0 Å². The van der Waals surface area contributed by atoms with Crippen LogP contribution in [0.3, 0.4) is 0 Å². The summed E-state index contributed by atoms with van der Waals surface area (Å²) < 4.78 is 31.9. The van der Waals surface area contributed by atoms with Gasteiger partial charge in [-0.05, 0) is 34.9 Å². The Morgan fingerprint density at radius 2 is 1.85 bits per heavy atom. The third kappa shape index (κ3) is 3.31. The highest BCUT2D eigenvalue weighted by atomic mass is 19.3. The van der Waals surface area contributed by atoms with E-state index in [4.69, 9.17) is 10.5 Å². The third-order valence-electron chi connectivity index (χ3n) is 4.27. The van der Waals surface area contributed by atoms with Gasteiger partial charge in [0.05, 0.1) is 0 Å². The molecular weight excluding hydrogens is 332 g/mol. The molecule has 1 aliphatic rings. The van der Waals surface area contributed by atoms with Gasteiger partial charge < -0.3 is 10.5 Å². The maximum absolute atomic E-state index is 13.0. The van der Waals surface area contributed by atoms with E-state index in [0.717, 1.165) is 27.8 Å². The summed E-state index contributed by atoms with van der Waals surface area (Å²) in [5.74, 6) is 0.445. The molecule has 2 nitrogen and oxygen atoms in total. The number of rotatable bonds is 5. The van der Waals surface area contributed by atoms with E-state index >= 15 is 0 Å². The Morgan fingerprint density at radius 3 is 2.46 bits per heavy atom. The fraction of sp³-hybridized carbons (Fsp3) is 0.0909. The summed E-state index contributed by atoms with van der Waals surface area (Å²) in [5, 5.41) is 0. The number of nitrogens with two attached hydrogens (primary N) is 1. The number of anilines is 1. The first-order valence-corrected chi connectivity index (χ1v) is 8.15. The zero-order valence-electron chi connectivity index (χ0n) is 14.2. The molecule has 26 heavy (non-hydrogen) atoms. The van der Waals surface area contributed by atoms with Crippen LogP contribution in [-0.4, -0.2) is 6.61 Å². The number of nitrogen functional groups attached to an aromatic ring is 1. The van der Waals surface area contributed by atoms with E-state index in [9.17, 15) is 8.78 Å². The van der Waals surface area contributed by atoms with Gasteiger partial charge in [0.1, 0.15) is 12.4 Å². The molecule has 0 aromatic heterocycles. The van der Waals surface area contributed by atoms with Crippen molar-refractivity contribution in [1.82, 2.24) is 0 Å². The lowest BCUT2D eigenvalue weighted by atomic mass is 9.87. The molecule has 0 saturated heterocycles. The number of ether oxygens (including phenoxy) is 1. The molecule has 3 rings (SSSR count). The van der Waals surface area contributed by atoms with E-state index in [1.165, 1.54) is 12.1 Å². The average Bonchev–Trinajstić information content (AvgIpc) is 2.65. The standard InChI is InChI=1S/C22H19F2NO/c1-3-5-14(4-2)19-13-26-20-12-16(22(23)24)8-11-18(20)21(19)15-6-9-17(25)10-7-15/h3-12,22H,1-2,13,25H2/b14-5+. The second-order valence-electron chi connectivity index (χ2n) is 5.88. The second-order valence-corrected chi connectivity index (χ2v) is 5.88. The number of allylic oxidation sites excluding steroid dienone is 3. The number of benzene rings is 2. The van der Waals surface area contributed by atoms with Crippen molar-refractivity contribution in [3.05, 3.63) is 102 Å². The van der Waals surface area contributed by atoms with Crippen LogP contribution in [0.25, 0.3) is 5.57 Å². The van der Waals surface area contributed by atoms with Crippen molar-refractivity contribution in [2.45, 2.75) is 6.43 Å². The SMILES string of the molecule is C=C/C=C(\C=C)C1=C(c2ccc(N)cc2)c2ccc(C(F)F)cc2OC1. The minimum atomic E-state index is -2.54. The first kappa shape index (κ1) is 17.7. The fourth-order valence-electron chi connectivity index (χ4n) is 3.01. The first-order valence-electron chi connectivity index (χ1n) is 8.15. The van der Waals surface area contributed by atoms with Crippen molar-refractivity contribution < 1.29 is 13.5 Å². The Kier molecular flexibility index (Phi) is 5.03. The van der Waals surface area contributed by atoms with Crippen molar-refractivity contribution in [2.24, 2.45) is 0 Å². The van der Waals surface area contributed by atoms with Crippen molar-refractivity contribution in [3.8, 4) is 5.75 Å². The van der Waals surface area contributed by atoms with Gasteiger partial charge in [-0.3, -0.25) is 0 Å². The molecule has 0 spiro atoms. The Labute approximate surface area is 151 Å². The minimum Gasteiger partial charge on any atom is -0.488 e. The number of hydrogen-bond donors (Lipinski definition) is 1. The fourth-order valence-corrected chi connectivity index (χ4v) is 3.01. The molecule has 0 aliphatic carbocycles. The van der Waals surface area contributed by atoms with Gasteiger partial charge in [-0.25, -0.2) is 8.78 Å². The van der Waals surface area contributed by atoms with Crippen LogP contribution in [0.5, 0.6) is 5.75 Å². The zero-order chi connectivity index (χ0) is 18.7. The molecule has 4 heteroatoms. The Morgan fingerprint density at radius 1 is 1.12 bits per heavy atom. The van der Waals surface area contributed by atoms with Crippen LogP contribution >= 0.6 is 0 Å². The lowest BCUT2D eigenvalue weighted by molar-refractivity contribution is 0.151. The summed E-state index contributed by atoms with van der Waals surface area (Å²) in [6.45, 7) is 7.86. The molecule has 0 atom stereocenters. The molecule has 2 aromatic rings. The molecule has 0 fully saturated rings. The van der Waals surface area contributed by atoms with Gasteiger partial charge in [-0.15, -0.1) is 0 Å². The molecule has 2 N–H and O–H groups in total. The van der Waals surface area contributed by atoms with Crippen molar-refractivity contribution in [2.75, 3.05) is 12.3 Å². The summed E-state index contributed by atoms with van der Waals surface area (Å²) in [5.41, 5.74) is 10.8. The highest BCUT2D eigenvalue weighted by Gasteiger charge is 2.24. The number of fused-ring (bicyclic) bond motifs is 1. The van der Waals surface area contributed by atoms with Crippen LogP contribution in [0.15, 0.2) is 85.0 Å². The molecule has 132 valence electrons. The van der Waals surface area contributed by atoms with Crippen LogP contribution < -0.4 is 10.5 Å². The Balaban J connectivity index is 2.26. The minimum absolute atomic E-state index is 0.0607. The predicted molar refractivity (Wildman–Crippen MR) is 102 cm³/mol. The molecule has 0 saturated carbocycles. The number of alkyl halides is 2. The molecular formula is C22H19F2NO. The smallest absolute Gasteiger partial charge is 0.263 e. The van der Waals surface area contributed by atoms with E-state index in [1.54, 1.807) is 18.2 Å². The average molecular weight is 351 g/mol. The molecule has 0 radical (unpaired) electrons. The molecule has 0 amide bonds. The lowest BCUT2D eigenvalue weighted by Crippen LogP contribution is -2.14. The summed E-state index contributed by atoms with van der Waals surface area (Å²) in [6.07, 6.45) is 2.72. The van der Waals surface area contributed by atoms with Gasteiger partial charge in [0.2, 0.25) is 0 Å². The van der Waals surface area contributed by atoms with Gasteiger partial charge in [0.25, 0.3) is 6.43 Å². The van der Waals surface area contributed by atoms with Gasteiger partial charge >= 0.3 is 0 Å². The van der Waals surface area contributed by atoms with Crippen LogP contribution in [0, 0.1) is 0 Å². The largest absolute Gasteiger partial charge is 0.488 e. The topological polar surface area (TPSA) is 35.2 Å². The lowest BCUT2D eigenvalue weighted by Gasteiger charge is -2.26. The normalized spacial score (nSPS) is 14.0. The van der Waals surface area contributed by atoms with Gasteiger partial charge in [0, 0.05) is 22.4 Å². The predicted octanol–water partition coefficient (Wildman–Crippen LogP) is 5.70. The Hall–Kier alpha value is -3.14. The summed E-state index contributed by atoms with van der Waals surface area (Å²) in [6, 6.07) is 12.0. The van der Waals surface area contributed by atoms with Gasteiger partial charge in [-0.1, -0.05) is 55.7 Å². The highest BCUT2D eigenvalue weighted by molar-refractivity contribution is 5.89. The quantitative estimate of drug-likeness (QED) is 0.554. The third-order valence-corrected chi connectivity index (χ3v) is 4.27. The summed E-state index contributed by atoms with van der Waals surface area (Å²) in [7, 11) is 0. The Bertz CT molecular complexity index is 908. The maximum Gasteiger partial charge on any atom is 0.263 e. The van der Waals surface area contributed by atoms with E-state index in [2.05, 4.69) is 13.2 Å². The molecule has 1 heterocycles. The molecule has 2 aromatic carbocycles. The number of hydrogen-bond acceptors (Lipinski definition) is 2. The van der Waals surface area contributed by atoms with E-state index in [-0.39, 0.29) is 12.2 Å². The van der Waals surface area contributed by atoms with Crippen molar-refractivity contribution >= 4 is 11.3 Å². The highest BCUT2D eigenvalue weighted by Crippen LogP contribution is 2.41. The van der Waals surface area contributed by atoms with Gasteiger partial charge in [0.15, 0.2) is 0 Å². The van der Waals surface area contributed by atoms with Crippen LogP contribution in [0.2, 0.25) is 0 Å². The second kappa shape index (κ2) is 7.40. The number of halogens is 2. The van der Waals surface area contributed by atoms with Crippen molar-refractivity contribution in [1.29, 1.82) is 0 Å². The summed E-state index contributed by atoms with van der Waals surface area (Å²) >= 11 is 0. The molecule has 0 bridgehead atoms. The monoisotopic (exact) mass is 351 g/mol. The zero-order valence-corrected chi connectivity index (χ0v) is 14.2. The van der Waals surface area contributed by atoms with E-state index in [1.807, 2.05) is 30.3 Å². The van der Waals surface area contributed by atoms with Crippen LogP contribution in [-0.2, 0) is 0 Å². The van der Waals surface area contributed by atoms with Crippen LogP contribution in [0.4, 0.5) is 14.5 Å². The molecule has 1 aliphatic heterocycles. The maximum atomic E-state index is 13.0. The van der Waals surface area contributed by atoms with E-state index in [0.29, 0.717) is 11.4 Å². The first-order chi connectivity index (χ1) is 12.5. The van der Waals surface area contributed by atoms with E-state index < -0.39 is 6.43 Å². The van der Waals surface area contributed by atoms with Crippen LogP contribution in [0.1, 0.15) is 23.1 Å². The summed E-state index contributed by atoms with van der Waals surface area (Å²) in [4.78, 5) is 0. The molecule has 0 unspecified atom stereocenters. The van der Waals surface area contributed by atoms with Gasteiger partial charge in [-0.2, -0.15) is 0 Å².